The maximum absolute atomic E-state index is 5.99. The first-order valence-electron chi connectivity index (χ1n) is 7.28. The standard InChI is InChI=1S/C16H24N2OS/c1-5-16(3,19-6-2)14(17-4)11-15-18-12-9-7-8-10-13(12)20-15/h7-10,14,17H,5-6,11H2,1-4H3. The molecule has 0 amide bonds. The molecule has 110 valence electrons. The summed E-state index contributed by atoms with van der Waals surface area (Å²) in [6.07, 6.45) is 1.89. The van der Waals surface area contributed by atoms with Gasteiger partial charge in [-0.25, -0.2) is 4.98 Å². The van der Waals surface area contributed by atoms with E-state index in [1.165, 1.54) is 9.71 Å². The molecular formula is C16H24N2OS. The van der Waals surface area contributed by atoms with Gasteiger partial charge in [-0.2, -0.15) is 0 Å². The van der Waals surface area contributed by atoms with Gasteiger partial charge in [0.15, 0.2) is 0 Å². The van der Waals surface area contributed by atoms with Crippen LogP contribution in [0.25, 0.3) is 10.2 Å². The molecule has 0 saturated heterocycles. The topological polar surface area (TPSA) is 34.1 Å². The number of aromatic nitrogens is 1. The molecule has 20 heavy (non-hydrogen) atoms. The van der Waals surface area contributed by atoms with Crippen molar-refractivity contribution in [2.75, 3.05) is 13.7 Å². The Kier molecular flexibility index (Phi) is 5.13. The Morgan fingerprint density at radius 1 is 1.35 bits per heavy atom. The molecule has 1 aromatic heterocycles. The minimum Gasteiger partial charge on any atom is -0.374 e. The zero-order valence-corrected chi connectivity index (χ0v) is 13.6. The van der Waals surface area contributed by atoms with E-state index >= 15 is 0 Å². The molecule has 1 N–H and O–H groups in total. The number of hydrogen-bond donors (Lipinski definition) is 1. The fourth-order valence-corrected chi connectivity index (χ4v) is 3.60. The van der Waals surface area contributed by atoms with E-state index in [-0.39, 0.29) is 11.6 Å². The molecule has 4 heteroatoms. The Hall–Kier alpha value is -0.970. The molecule has 0 spiro atoms. The highest BCUT2D eigenvalue weighted by atomic mass is 32.1. The van der Waals surface area contributed by atoms with Gasteiger partial charge in [-0.05, 0) is 39.4 Å². The van der Waals surface area contributed by atoms with Crippen molar-refractivity contribution in [3.63, 3.8) is 0 Å². The normalized spacial score (nSPS) is 16.2. The van der Waals surface area contributed by atoms with Crippen LogP contribution in [0, 0.1) is 0 Å². The molecule has 1 heterocycles. The molecule has 0 aliphatic rings. The average molecular weight is 292 g/mol. The Morgan fingerprint density at radius 3 is 2.70 bits per heavy atom. The summed E-state index contributed by atoms with van der Waals surface area (Å²) in [5.41, 5.74) is 0.943. The Balaban J connectivity index is 2.20. The van der Waals surface area contributed by atoms with Gasteiger partial charge in [0.25, 0.3) is 0 Å². The quantitative estimate of drug-likeness (QED) is 0.846. The van der Waals surface area contributed by atoms with Crippen molar-refractivity contribution in [1.29, 1.82) is 0 Å². The summed E-state index contributed by atoms with van der Waals surface area (Å²) in [4.78, 5) is 4.73. The van der Waals surface area contributed by atoms with Crippen LogP contribution < -0.4 is 5.32 Å². The zero-order chi connectivity index (χ0) is 14.6. The van der Waals surface area contributed by atoms with E-state index in [2.05, 4.69) is 44.3 Å². The lowest BCUT2D eigenvalue weighted by Gasteiger charge is -2.36. The first-order chi connectivity index (χ1) is 9.62. The van der Waals surface area contributed by atoms with Crippen LogP contribution in [0.1, 0.15) is 32.2 Å². The third kappa shape index (κ3) is 3.19. The van der Waals surface area contributed by atoms with E-state index in [0.29, 0.717) is 0 Å². The van der Waals surface area contributed by atoms with Crippen LogP contribution in [0.2, 0.25) is 0 Å². The van der Waals surface area contributed by atoms with Crippen molar-refractivity contribution < 1.29 is 4.74 Å². The number of para-hydroxylation sites is 1. The lowest BCUT2D eigenvalue weighted by Crippen LogP contribution is -2.50. The fraction of sp³-hybridized carbons (Fsp3) is 0.562. The number of thiazole rings is 1. The average Bonchev–Trinajstić information content (AvgIpc) is 2.87. The number of fused-ring (bicyclic) bond motifs is 1. The molecule has 0 radical (unpaired) electrons. The summed E-state index contributed by atoms with van der Waals surface area (Å²) in [5.74, 6) is 0. The molecular weight excluding hydrogens is 268 g/mol. The Morgan fingerprint density at radius 2 is 2.10 bits per heavy atom. The number of likely N-dealkylation sites (N-methyl/N-ethyl adjacent to an activating group) is 1. The largest absolute Gasteiger partial charge is 0.374 e. The molecule has 2 aromatic rings. The number of benzene rings is 1. The van der Waals surface area contributed by atoms with E-state index in [1.807, 2.05) is 13.1 Å². The molecule has 1 aromatic carbocycles. The number of hydrogen-bond acceptors (Lipinski definition) is 4. The number of rotatable bonds is 7. The monoisotopic (exact) mass is 292 g/mol. The van der Waals surface area contributed by atoms with Crippen LogP contribution >= 0.6 is 11.3 Å². The van der Waals surface area contributed by atoms with Crippen molar-refractivity contribution in [2.24, 2.45) is 0 Å². The molecule has 0 aliphatic carbocycles. The predicted molar refractivity (Wildman–Crippen MR) is 86.5 cm³/mol. The Bertz CT molecular complexity index is 521. The molecule has 2 atom stereocenters. The lowest BCUT2D eigenvalue weighted by atomic mass is 9.91. The first kappa shape index (κ1) is 15.4. The third-order valence-electron chi connectivity index (χ3n) is 3.98. The maximum Gasteiger partial charge on any atom is 0.0955 e. The van der Waals surface area contributed by atoms with E-state index in [4.69, 9.17) is 9.72 Å². The number of nitrogens with zero attached hydrogens (tertiary/aromatic N) is 1. The fourth-order valence-electron chi connectivity index (χ4n) is 2.58. The van der Waals surface area contributed by atoms with Gasteiger partial charge in [0.05, 0.1) is 20.8 Å². The lowest BCUT2D eigenvalue weighted by molar-refractivity contribution is -0.0534. The van der Waals surface area contributed by atoms with Gasteiger partial charge in [0.1, 0.15) is 0 Å². The van der Waals surface area contributed by atoms with Crippen LogP contribution in [0.3, 0.4) is 0 Å². The van der Waals surface area contributed by atoms with E-state index in [9.17, 15) is 0 Å². The summed E-state index contributed by atoms with van der Waals surface area (Å²) >= 11 is 1.78. The summed E-state index contributed by atoms with van der Waals surface area (Å²) in [6.45, 7) is 7.16. The SMILES string of the molecule is CCOC(C)(CC)C(Cc1nc2ccccc2s1)NC. The van der Waals surface area contributed by atoms with Crippen LogP contribution in [-0.4, -0.2) is 30.3 Å². The molecule has 0 aliphatic heterocycles. The minimum atomic E-state index is -0.151. The highest BCUT2D eigenvalue weighted by Gasteiger charge is 2.32. The molecule has 0 fully saturated rings. The van der Waals surface area contributed by atoms with Crippen molar-refractivity contribution in [1.82, 2.24) is 10.3 Å². The second-order valence-electron chi connectivity index (χ2n) is 5.22. The van der Waals surface area contributed by atoms with E-state index in [1.54, 1.807) is 11.3 Å². The van der Waals surface area contributed by atoms with Gasteiger partial charge < -0.3 is 10.1 Å². The van der Waals surface area contributed by atoms with Gasteiger partial charge in [-0.1, -0.05) is 19.1 Å². The van der Waals surface area contributed by atoms with Crippen LogP contribution in [-0.2, 0) is 11.2 Å². The third-order valence-corrected chi connectivity index (χ3v) is 5.04. The summed E-state index contributed by atoms with van der Waals surface area (Å²) in [5, 5.41) is 4.58. The highest BCUT2D eigenvalue weighted by molar-refractivity contribution is 7.18. The summed E-state index contributed by atoms with van der Waals surface area (Å²) < 4.78 is 7.25. The molecule has 0 saturated carbocycles. The minimum absolute atomic E-state index is 0.151. The maximum atomic E-state index is 5.99. The van der Waals surface area contributed by atoms with Crippen LogP contribution in [0.15, 0.2) is 24.3 Å². The van der Waals surface area contributed by atoms with E-state index < -0.39 is 0 Å². The second-order valence-corrected chi connectivity index (χ2v) is 6.34. The molecule has 2 unspecified atom stereocenters. The van der Waals surface area contributed by atoms with Gasteiger partial charge >= 0.3 is 0 Å². The van der Waals surface area contributed by atoms with E-state index in [0.717, 1.165) is 25.0 Å². The van der Waals surface area contributed by atoms with Crippen molar-refractivity contribution in [3.8, 4) is 0 Å². The summed E-state index contributed by atoms with van der Waals surface area (Å²) in [6, 6.07) is 8.58. The smallest absolute Gasteiger partial charge is 0.0955 e. The number of nitrogens with one attached hydrogen (secondary N) is 1. The Labute approximate surface area is 125 Å². The number of ether oxygens (including phenoxy) is 1. The zero-order valence-electron chi connectivity index (χ0n) is 12.8. The molecule has 2 rings (SSSR count). The highest BCUT2D eigenvalue weighted by Crippen LogP contribution is 2.27. The second kappa shape index (κ2) is 6.66. The van der Waals surface area contributed by atoms with Crippen LogP contribution in [0.5, 0.6) is 0 Å². The molecule has 0 bridgehead atoms. The first-order valence-corrected chi connectivity index (χ1v) is 8.10. The van der Waals surface area contributed by atoms with Gasteiger partial charge in [-0.15, -0.1) is 11.3 Å². The van der Waals surface area contributed by atoms with Gasteiger partial charge in [0.2, 0.25) is 0 Å². The van der Waals surface area contributed by atoms with Crippen LogP contribution in [0.4, 0.5) is 0 Å². The van der Waals surface area contributed by atoms with Crippen molar-refractivity contribution in [3.05, 3.63) is 29.3 Å². The van der Waals surface area contributed by atoms with Gasteiger partial charge in [-0.3, -0.25) is 0 Å². The summed E-state index contributed by atoms with van der Waals surface area (Å²) in [7, 11) is 2.00. The van der Waals surface area contributed by atoms with Crippen molar-refractivity contribution >= 4 is 21.6 Å². The molecule has 3 nitrogen and oxygen atoms in total. The predicted octanol–water partition coefficient (Wildman–Crippen LogP) is 3.63. The van der Waals surface area contributed by atoms with Gasteiger partial charge in [0, 0.05) is 19.1 Å². The van der Waals surface area contributed by atoms with Crippen molar-refractivity contribution in [2.45, 2.75) is 45.3 Å².